The summed E-state index contributed by atoms with van der Waals surface area (Å²) in [6.45, 7) is 12.7. The molecule has 148 valence electrons. The first-order chi connectivity index (χ1) is 12.8. The molecule has 0 amide bonds. The van der Waals surface area contributed by atoms with Crippen molar-refractivity contribution < 1.29 is 19.1 Å². The molecule has 0 bridgehead atoms. The van der Waals surface area contributed by atoms with Gasteiger partial charge in [0.1, 0.15) is 11.5 Å². The van der Waals surface area contributed by atoms with Crippen LogP contribution in [0.15, 0.2) is 18.2 Å². The number of esters is 1. The molecule has 0 atom stereocenters. The molecule has 2 rings (SSSR count). The number of hydrogen-bond donors (Lipinski definition) is 1. The zero-order valence-electron chi connectivity index (χ0n) is 17.4. The van der Waals surface area contributed by atoms with Crippen LogP contribution < -0.4 is 4.43 Å². The fourth-order valence-electron chi connectivity index (χ4n) is 3.62. The standard InChI is InChI=1S/C22H32O4Si/c1-7-25-20(23)14-18-16(6)22(26-27(8-2,9-3)10-4)19-13-15(5)11-12-17(19)21(18)24/h11-13,24H,7-10,14H2,1-6H3. The third-order valence-corrected chi connectivity index (χ3v) is 10.1. The summed E-state index contributed by atoms with van der Waals surface area (Å²) in [6.07, 6.45) is 0.0462. The van der Waals surface area contributed by atoms with Crippen LogP contribution in [0.1, 0.15) is 44.4 Å². The molecule has 1 N–H and O–H groups in total. The lowest BCUT2D eigenvalue weighted by Gasteiger charge is -2.31. The lowest BCUT2D eigenvalue weighted by Crippen LogP contribution is -2.39. The molecule has 5 heteroatoms. The molecule has 0 saturated heterocycles. The first-order valence-electron chi connectivity index (χ1n) is 9.91. The number of ether oxygens (including phenoxy) is 1. The summed E-state index contributed by atoms with van der Waals surface area (Å²) < 4.78 is 11.9. The number of phenolic OH excluding ortho intramolecular Hbond substituents is 1. The fraction of sp³-hybridized carbons (Fsp3) is 0.500. The number of benzene rings is 2. The van der Waals surface area contributed by atoms with Gasteiger partial charge in [-0.2, -0.15) is 0 Å². The van der Waals surface area contributed by atoms with Crippen molar-refractivity contribution in [3.05, 3.63) is 34.9 Å². The van der Waals surface area contributed by atoms with Crippen molar-refractivity contribution >= 4 is 25.1 Å². The molecular formula is C22H32O4Si. The number of rotatable bonds is 8. The number of aromatic hydroxyl groups is 1. The van der Waals surface area contributed by atoms with Crippen LogP contribution in [0.4, 0.5) is 0 Å². The molecule has 2 aromatic carbocycles. The van der Waals surface area contributed by atoms with Crippen LogP contribution in [0.5, 0.6) is 11.5 Å². The SMILES string of the molecule is CCOC(=O)Cc1c(C)c(O[Si](CC)(CC)CC)c2cc(C)ccc2c1O. The van der Waals surface area contributed by atoms with Gasteiger partial charge in [0.25, 0.3) is 8.32 Å². The van der Waals surface area contributed by atoms with E-state index in [4.69, 9.17) is 9.16 Å². The highest BCUT2D eigenvalue weighted by Gasteiger charge is 2.33. The first-order valence-corrected chi connectivity index (χ1v) is 12.4. The highest BCUT2D eigenvalue weighted by Crippen LogP contribution is 2.42. The van der Waals surface area contributed by atoms with Gasteiger partial charge in [0, 0.05) is 16.3 Å². The van der Waals surface area contributed by atoms with Gasteiger partial charge in [0.2, 0.25) is 0 Å². The summed E-state index contributed by atoms with van der Waals surface area (Å²) in [6, 6.07) is 9.03. The Morgan fingerprint density at radius 2 is 1.67 bits per heavy atom. The van der Waals surface area contributed by atoms with Gasteiger partial charge in [0.15, 0.2) is 0 Å². The Morgan fingerprint density at radius 3 is 2.22 bits per heavy atom. The smallest absolute Gasteiger partial charge is 0.310 e. The summed E-state index contributed by atoms with van der Waals surface area (Å²) in [5, 5.41) is 12.5. The lowest BCUT2D eigenvalue weighted by molar-refractivity contribution is -0.142. The maximum Gasteiger partial charge on any atom is 0.310 e. The Bertz CT molecular complexity index is 817. The van der Waals surface area contributed by atoms with Crippen molar-refractivity contribution in [3.8, 4) is 11.5 Å². The Labute approximate surface area is 163 Å². The van der Waals surface area contributed by atoms with Crippen molar-refractivity contribution in [1.29, 1.82) is 0 Å². The molecule has 0 aliphatic heterocycles. The van der Waals surface area contributed by atoms with Crippen LogP contribution in [0, 0.1) is 13.8 Å². The van der Waals surface area contributed by atoms with Crippen molar-refractivity contribution in [2.75, 3.05) is 6.61 Å². The second-order valence-corrected chi connectivity index (χ2v) is 11.8. The van der Waals surface area contributed by atoms with E-state index >= 15 is 0 Å². The molecule has 0 saturated carbocycles. The van der Waals surface area contributed by atoms with Crippen LogP contribution in [-0.2, 0) is 16.0 Å². The maximum absolute atomic E-state index is 12.1. The minimum atomic E-state index is -1.92. The Kier molecular flexibility index (Phi) is 6.93. The minimum Gasteiger partial charge on any atom is -0.543 e. The van der Waals surface area contributed by atoms with E-state index < -0.39 is 8.32 Å². The van der Waals surface area contributed by atoms with E-state index in [9.17, 15) is 9.90 Å². The van der Waals surface area contributed by atoms with Crippen LogP contribution in [-0.4, -0.2) is 26.0 Å². The van der Waals surface area contributed by atoms with Crippen molar-refractivity contribution in [2.45, 2.75) is 66.1 Å². The van der Waals surface area contributed by atoms with E-state index in [0.717, 1.165) is 45.8 Å². The molecule has 0 unspecified atom stereocenters. The van der Waals surface area contributed by atoms with Crippen molar-refractivity contribution in [3.63, 3.8) is 0 Å². The molecule has 0 fully saturated rings. The molecule has 0 aliphatic rings. The van der Waals surface area contributed by atoms with Gasteiger partial charge in [-0.15, -0.1) is 0 Å². The Morgan fingerprint density at radius 1 is 1.04 bits per heavy atom. The number of aryl methyl sites for hydroxylation is 1. The van der Waals surface area contributed by atoms with Crippen LogP contribution >= 0.6 is 0 Å². The number of fused-ring (bicyclic) bond motifs is 1. The second kappa shape index (κ2) is 8.78. The first kappa shape index (κ1) is 21.3. The normalized spacial score (nSPS) is 11.6. The molecule has 4 nitrogen and oxygen atoms in total. The molecule has 2 aromatic rings. The van der Waals surface area contributed by atoms with Gasteiger partial charge >= 0.3 is 5.97 Å². The van der Waals surface area contributed by atoms with Crippen LogP contribution in [0.2, 0.25) is 18.1 Å². The van der Waals surface area contributed by atoms with E-state index in [1.165, 1.54) is 0 Å². The minimum absolute atomic E-state index is 0.0462. The number of carbonyl (C=O) groups is 1. The van der Waals surface area contributed by atoms with Crippen molar-refractivity contribution in [1.82, 2.24) is 0 Å². The van der Waals surface area contributed by atoms with Crippen LogP contribution in [0.3, 0.4) is 0 Å². The van der Waals surface area contributed by atoms with Crippen LogP contribution in [0.25, 0.3) is 10.8 Å². The Hall–Kier alpha value is -2.01. The van der Waals surface area contributed by atoms with E-state index in [1.807, 2.05) is 26.0 Å². The zero-order chi connectivity index (χ0) is 20.2. The summed E-state index contributed by atoms with van der Waals surface area (Å²) in [4.78, 5) is 12.1. The summed E-state index contributed by atoms with van der Waals surface area (Å²) in [5.74, 6) is 0.640. The molecule has 27 heavy (non-hydrogen) atoms. The summed E-state index contributed by atoms with van der Waals surface area (Å²) in [7, 11) is -1.92. The molecule has 0 aromatic heterocycles. The molecule has 0 aliphatic carbocycles. The third-order valence-electron chi connectivity index (χ3n) is 5.63. The van der Waals surface area contributed by atoms with Gasteiger partial charge in [0.05, 0.1) is 13.0 Å². The zero-order valence-corrected chi connectivity index (χ0v) is 18.4. The quantitative estimate of drug-likeness (QED) is 0.469. The maximum atomic E-state index is 12.1. The molecule has 0 radical (unpaired) electrons. The predicted octanol–water partition coefficient (Wildman–Crippen LogP) is 5.65. The largest absolute Gasteiger partial charge is 0.543 e. The monoisotopic (exact) mass is 388 g/mol. The number of hydrogen-bond acceptors (Lipinski definition) is 4. The molecule has 0 spiro atoms. The molecular weight excluding hydrogens is 356 g/mol. The summed E-state index contributed by atoms with van der Waals surface area (Å²) >= 11 is 0. The number of phenols is 1. The number of carbonyl (C=O) groups excluding carboxylic acids is 1. The topological polar surface area (TPSA) is 55.8 Å². The predicted molar refractivity (Wildman–Crippen MR) is 113 cm³/mol. The van der Waals surface area contributed by atoms with Gasteiger partial charge in [-0.05, 0) is 50.5 Å². The average molecular weight is 389 g/mol. The van der Waals surface area contributed by atoms with Crippen molar-refractivity contribution in [2.24, 2.45) is 0 Å². The fourth-order valence-corrected chi connectivity index (χ4v) is 6.25. The average Bonchev–Trinajstić information content (AvgIpc) is 2.66. The Balaban J connectivity index is 2.72. The van der Waals surface area contributed by atoms with Gasteiger partial charge in [-0.25, -0.2) is 0 Å². The van der Waals surface area contributed by atoms with E-state index in [2.05, 4.69) is 26.8 Å². The summed E-state index contributed by atoms with van der Waals surface area (Å²) in [5.41, 5.74) is 2.55. The van der Waals surface area contributed by atoms with E-state index in [-0.39, 0.29) is 18.1 Å². The second-order valence-electron chi connectivity index (χ2n) is 7.16. The van der Waals surface area contributed by atoms with E-state index in [0.29, 0.717) is 12.2 Å². The van der Waals surface area contributed by atoms with Gasteiger partial charge < -0.3 is 14.3 Å². The highest BCUT2D eigenvalue weighted by atomic mass is 28.4. The van der Waals surface area contributed by atoms with Gasteiger partial charge in [-0.3, -0.25) is 4.79 Å². The van der Waals surface area contributed by atoms with Gasteiger partial charge in [-0.1, -0.05) is 38.5 Å². The highest BCUT2D eigenvalue weighted by molar-refractivity contribution is 6.74. The lowest BCUT2D eigenvalue weighted by atomic mass is 9.95. The molecule has 0 heterocycles. The third kappa shape index (κ3) is 4.29. The van der Waals surface area contributed by atoms with E-state index in [1.54, 1.807) is 6.92 Å².